The third-order valence-corrected chi connectivity index (χ3v) is 4.88. The number of nitrogens with one attached hydrogen (secondary N) is 1. The molecule has 6 nitrogen and oxygen atoms in total. The fourth-order valence-corrected chi connectivity index (χ4v) is 3.44. The van der Waals surface area contributed by atoms with E-state index in [1.807, 2.05) is 46.2 Å². The second kappa shape index (κ2) is 7.04. The summed E-state index contributed by atoms with van der Waals surface area (Å²) in [6, 6.07) is 5.47. The van der Waals surface area contributed by atoms with Gasteiger partial charge < -0.3 is 19.4 Å². The monoisotopic (exact) mass is 379 g/mol. The summed E-state index contributed by atoms with van der Waals surface area (Å²) in [5, 5.41) is 4.50. The van der Waals surface area contributed by atoms with Crippen molar-refractivity contribution in [2.75, 3.05) is 27.2 Å². The van der Waals surface area contributed by atoms with Crippen molar-refractivity contribution >= 4 is 28.1 Å². The number of fused-ring (bicyclic) bond motifs is 4. The van der Waals surface area contributed by atoms with Crippen LogP contribution in [0.15, 0.2) is 39.7 Å². The number of hydrogen-bond donors (Lipinski definition) is 1. The Labute approximate surface area is 163 Å². The summed E-state index contributed by atoms with van der Waals surface area (Å²) in [5.74, 6) is 0.725. The van der Waals surface area contributed by atoms with E-state index in [1.165, 1.54) is 0 Å². The molecule has 1 aromatic carbocycles. The highest BCUT2D eigenvalue weighted by Crippen LogP contribution is 2.38. The lowest BCUT2D eigenvalue weighted by Gasteiger charge is -2.28. The second-order valence-electron chi connectivity index (χ2n) is 7.96. The lowest BCUT2D eigenvalue weighted by atomic mass is 9.97. The van der Waals surface area contributed by atoms with Gasteiger partial charge in [-0.15, -0.1) is 0 Å². The summed E-state index contributed by atoms with van der Waals surface area (Å²) >= 11 is 0. The van der Waals surface area contributed by atoms with E-state index in [2.05, 4.69) is 15.2 Å². The van der Waals surface area contributed by atoms with Crippen molar-refractivity contribution in [2.45, 2.75) is 26.0 Å². The standard InChI is InChI=1S/C22H25N3O3/c1-22(2)8-7-15-17(28-22)12-14(13-23-10-11-25(3)4)18-19(26)16-6-5-9-24-21(16)27-20(15)18/h5-9,12,23H,10-11,13H2,1-4H3. The summed E-state index contributed by atoms with van der Waals surface area (Å²) in [4.78, 5) is 19.6. The summed E-state index contributed by atoms with van der Waals surface area (Å²) in [5.41, 5.74) is 2.07. The topological polar surface area (TPSA) is 67.6 Å². The minimum atomic E-state index is -0.411. The Hall–Kier alpha value is -2.70. The van der Waals surface area contributed by atoms with E-state index in [-0.39, 0.29) is 5.43 Å². The van der Waals surface area contributed by atoms with Crippen LogP contribution in [-0.4, -0.2) is 42.7 Å². The molecule has 0 unspecified atom stereocenters. The van der Waals surface area contributed by atoms with Crippen LogP contribution in [0.2, 0.25) is 0 Å². The molecule has 4 rings (SSSR count). The quantitative estimate of drug-likeness (QED) is 0.542. The minimum absolute atomic E-state index is 0.0604. The Morgan fingerprint density at radius 2 is 2.11 bits per heavy atom. The Morgan fingerprint density at radius 1 is 1.29 bits per heavy atom. The van der Waals surface area contributed by atoms with Gasteiger partial charge >= 0.3 is 0 Å². The third-order valence-electron chi connectivity index (χ3n) is 4.88. The average Bonchev–Trinajstić information content (AvgIpc) is 2.64. The van der Waals surface area contributed by atoms with Crippen LogP contribution in [0.25, 0.3) is 28.1 Å². The van der Waals surface area contributed by atoms with Gasteiger partial charge in [-0.1, -0.05) is 0 Å². The summed E-state index contributed by atoms with van der Waals surface area (Å²) in [7, 11) is 4.07. The highest BCUT2D eigenvalue weighted by molar-refractivity contribution is 5.96. The third kappa shape index (κ3) is 3.41. The van der Waals surface area contributed by atoms with Crippen molar-refractivity contribution in [1.29, 1.82) is 0 Å². The van der Waals surface area contributed by atoms with E-state index in [9.17, 15) is 4.79 Å². The van der Waals surface area contributed by atoms with Gasteiger partial charge in [0.05, 0.1) is 16.3 Å². The van der Waals surface area contributed by atoms with Crippen LogP contribution in [0, 0.1) is 0 Å². The van der Waals surface area contributed by atoms with Crippen LogP contribution in [0.4, 0.5) is 0 Å². The minimum Gasteiger partial charge on any atom is -0.483 e. The fourth-order valence-electron chi connectivity index (χ4n) is 3.44. The molecule has 0 amide bonds. The molecule has 146 valence electrons. The predicted octanol–water partition coefficient (Wildman–Crippen LogP) is 3.18. The maximum absolute atomic E-state index is 13.3. The molecule has 0 atom stereocenters. The number of pyridine rings is 1. The average molecular weight is 379 g/mol. The fraction of sp³-hybridized carbons (Fsp3) is 0.364. The van der Waals surface area contributed by atoms with Crippen molar-refractivity contribution in [3.63, 3.8) is 0 Å². The molecule has 0 saturated carbocycles. The zero-order valence-corrected chi connectivity index (χ0v) is 16.7. The highest BCUT2D eigenvalue weighted by atomic mass is 16.5. The molecule has 1 aliphatic rings. The first-order valence-corrected chi connectivity index (χ1v) is 9.47. The van der Waals surface area contributed by atoms with Gasteiger partial charge in [-0.05, 0) is 63.9 Å². The van der Waals surface area contributed by atoms with Gasteiger partial charge in [0.2, 0.25) is 11.1 Å². The van der Waals surface area contributed by atoms with E-state index in [0.29, 0.717) is 28.6 Å². The lowest BCUT2D eigenvalue weighted by Crippen LogP contribution is -2.29. The second-order valence-corrected chi connectivity index (χ2v) is 7.96. The van der Waals surface area contributed by atoms with Crippen LogP contribution >= 0.6 is 0 Å². The molecule has 28 heavy (non-hydrogen) atoms. The number of hydrogen-bond acceptors (Lipinski definition) is 6. The van der Waals surface area contributed by atoms with Crippen LogP contribution in [-0.2, 0) is 6.54 Å². The molecule has 0 spiro atoms. The van der Waals surface area contributed by atoms with Crippen molar-refractivity contribution in [2.24, 2.45) is 0 Å². The van der Waals surface area contributed by atoms with Gasteiger partial charge in [0.15, 0.2) is 5.58 Å². The van der Waals surface area contributed by atoms with Crippen molar-refractivity contribution in [3.05, 3.63) is 51.8 Å². The van der Waals surface area contributed by atoms with Crippen LogP contribution in [0.1, 0.15) is 25.0 Å². The normalized spacial score (nSPS) is 15.2. The molecule has 1 N–H and O–H groups in total. The van der Waals surface area contributed by atoms with Crippen LogP contribution in [0.5, 0.6) is 5.75 Å². The van der Waals surface area contributed by atoms with Gasteiger partial charge in [-0.3, -0.25) is 4.79 Å². The van der Waals surface area contributed by atoms with Crippen LogP contribution in [0.3, 0.4) is 0 Å². The Morgan fingerprint density at radius 3 is 2.89 bits per heavy atom. The zero-order valence-electron chi connectivity index (χ0n) is 16.7. The molecule has 6 heteroatoms. The molecular formula is C22H25N3O3. The number of aromatic nitrogens is 1. The van der Waals surface area contributed by atoms with E-state index in [4.69, 9.17) is 9.15 Å². The van der Waals surface area contributed by atoms with E-state index < -0.39 is 5.60 Å². The van der Waals surface area contributed by atoms with E-state index in [0.717, 1.165) is 30.0 Å². The number of benzene rings is 1. The molecule has 2 aromatic heterocycles. The molecule has 3 aromatic rings. The molecule has 1 aliphatic heterocycles. The molecule has 0 bridgehead atoms. The van der Waals surface area contributed by atoms with E-state index >= 15 is 0 Å². The van der Waals surface area contributed by atoms with Crippen LogP contribution < -0.4 is 15.5 Å². The highest BCUT2D eigenvalue weighted by Gasteiger charge is 2.26. The summed E-state index contributed by atoms with van der Waals surface area (Å²) < 4.78 is 12.3. The maximum atomic E-state index is 13.3. The van der Waals surface area contributed by atoms with Gasteiger partial charge in [0, 0.05) is 25.8 Å². The summed E-state index contributed by atoms with van der Waals surface area (Å²) in [6.45, 7) is 6.30. The number of rotatable bonds is 5. The molecule has 0 saturated heterocycles. The lowest BCUT2D eigenvalue weighted by molar-refractivity contribution is 0.159. The van der Waals surface area contributed by atoms with Gasteiger partial charge in [0.25, 0.3) is 0 Å². The number of nitrogens with zero attached hydrogens (tertiary/aromatic N) is 2. The van der Waals surface area contributed by atoms with E-state index in [1.54, 1.807) is 18.3 Å². The SMILES string of the molecule is CN(C)CCNCc1cc2c(c3oc4ncccc4c(=O)c13)C=CC(C)(C)O2. The molecular weight excluding hydrogens is 354 g/mol. The predicted molar refractivity (Wildman–Crippen MR) is 112 cm³/mol. The van der Waals surface area contributed by atoms with Crippen molar-refractivity contribution in [1.82, 2.24) is 15.2 Å². The zero-order chi connectivity index (χ0) is 19.9. The smallest absolute Gasteiger partial charge is 0.230 e. The molecule has 0 aliphatic carbocycles. The Bertz CT molecular complexity index is 1130. The first kappa shape index (κ1) is 18.7. The summed E-state index contributed by atoms with van der Waals surface area (Å²) in [6.07, 6.45) is 5.58. The van der Waals surface area contributed by atoms with Crippen molar-refractivity contribution in [3.8, 4) is 5.75 Å². The Kier molecular flexibility index (Phi) is 4.69. The Balaban J connectivity index is 1.90. The maximum Gasteiger partial charge on any atom is 0.230 e. The van der Waals surface area contributed by atoms with Gasteiger partial charge in [-0.25, -0.2) is 4.98 Å². The number of likely N-dealkylation sites (N-methyl/N-ethyl adjacent to an activating group) is 1. The largest absolute Gasteiger partial charge is 0.483 e. The van der Waals surface area contributed by atoms with Gasteiger partial charge in [-0.2, -0.15) is 0 Å². The number of ether oxygens (including phenoxy) is 1. The first-order valence-electron chi connectivity index (χ1n) is 9.47. The first-order chi connectivity index (χ1) is 13.4. The van der Waals surface area contributed by atoms with Gasteiger partial charge in [0.1, 0.15) is 11.4 Å². The molecule has 0 radical (unpaired) electrons. The van der Waals surface area contributed by atoms with Crippen molar-refractivity contribution < 1.29 is 9.15 Å². The molecule has 0 fully saturated rings. The molecule has 3 heterocycles.